The zero-order valence-electron chi connectivity index (χ0n) is 7.93. The van der Waals surface area contributed by atoms with E-state index in [-0.39, 0.29) is 6.54 Å². The first-order valence-corrected chi connectivity index (χ1v) is 4.74. The summed E-state index contributed by atoms with van der Waals surface area (Å²) in [5, 5.41) is 0. The Kier molecular flexibility index (Phi) is 3.62. The molecule has 1 aliphatic rings. The summed E-state index contributed by atoms with van der Waals surface area (Å²) in [5.74, 6) is 0.441. The van der Waals surface area contributed by atoms with Gasteiger partial charge in [-0.2, -0.15) is 8.78 Å². The Labute approximate surface area is 77.4 Å². The van der Waals surface area contributed by atoms with Gasteiger partial charge in [-0.15, -0.1) is 0 Å². The lowest BCUT2D eigenvalue weighted by molar-refractivity contribution is -0.218. The van der Waals surface area contributed by atoms with Crippen LogP contribution in [0.1, 0.15) is 32.6 Å². The molecule has 0 amide bonds. The van der Waals surface area contributed by atoms with Crippen molar-refractivity contribution in [2.24, 2.45) is 11.7 Å². The van der Waals surface area contributed by atoms with Crippen molar-refractivity contribution in [2.45, 2.75) is 44.8 Å². The quantitative estimate of drug-likeness (QED) is 0.745. The predicted molar refractivity (Wildman–Crippen MR) is 46.5 cm³/mol. The Hall–Kier alpha value is -0.220. The van der Waals surface area contributed by atoms with Crippen LogP contribution in [0.15, 0.2) is 0 Å². The molecule has 1 aliphatic carbocycles. The third kappa shape index (κ3) is 2.88. The van der Waals surface area contributed by atoms with Crippen molar-refractivity contribution in [3.63, 3.8) is 0 Å². The maximum Gasteiger partial charge on any atom is 0.345 e. The highest BCUT2D eigenvalue weighted by Gasteiger charge is 2.37. The summed E-state index contributed by atoms with van der Waals surface area (Å²) in [6.45, 7) is -0.450. The molecule has 1 saturated carbocycles. The predicted octanol–water partition coefficient (Wildman–Crippen LogP) is 2.13. The summed E-state index contributed by atoms with van der Waals surface area (Å²) >= 11 is 0. The van der Waals surface area contributed by atoms with Gasteiger partial charge in [-0.1, -0.05) is 19.8 Å². The smallest absolute Gasteiger partial charge is 0.328 e. The van der Waals surface area contributed by atoms with E-state index in [2.05, 4.69) is 11.7 Å². The van der Waals surface area contributed by atoms with Crippen LogP contribution in [0.2, 0.25) is 0 Å². The van der Waals surface area contributed by atoms with Crippen molar-refractivity contribution in [3.8, 4) is 0 Å². The second-order valence-electron chi connectivity index (χ2n) is 3.97. The molecule has 0 saturated heterocycles. The highest BCUT2D eigenvalue weighted by atomic mass is 19.3. The Morgan fingerprint density at radius 2 is 2.31 bits per heavy atom. The zero-order chi connectivity index (χ0) is 9.90. The Morgan fingerprint density at radius 1 is 1.62 bits per heavy atom. The fraction of sp³-hybridized carbons (Fsp3) is 1.00. The average Bonchev–Trinajstić information content (AvgIpc) is 2.03. The lowest BCUT2D eigenvalue weighted by atomic mass is 9.79. The lowest BCUT2D eigenvalue weighted by Crippen LogP contribution is -2.45. The van der Waals surface area contributed by atoms with Gasteiger partial charge in [0, 0.05) is 6.54 Å². The van der Waals surface area contributed by atoms with Crippen molar-refractivity contribution >= 4 is 0 Å². The van der Waals surface area contributed by atoms with Crippen LogP contribution in [0.5, 0.6) is 0 Å². The van der Waals surface area contributed by atoms with E-state index < -0.39 is 12.2 Å². The van der Waals surface area contributed by atoms with Crippen LogP contribution >= 0.6 is 0 Å². The lowest BCUT2D eigenvalue weighted by Gasteiger charge is -2.38. The number of rotatable bonds is 3. The second-order valence-corrected chi connectivity index (χ2v) is 3.97. The molecular weight excluding hydrogens is 176 g/mol. The molecule has 78 valence electrons. The first-order valence-electron chi connectivity index (χ1n) is 4.74. The summed E-state index contributed by atoms with van der Waals surface area (Å²) < 4.78 is 28.8. The van der Waals surface area contributed by atoms with E-state index in [0.29, 0.717) is 18.8 Å². The summed E-state index contributed by atoms with van der Waals surface area (Å²) in [5.41, 5.74) is 4.73. The Bertz CT molecular complexity index is 162. The normalized spacial score (nSPS) is 35.3. The van der Waals surface area contributed by atoms with Gasteiger partial charge in [-0.05, 0) is 18.8 Å². The highest BCUT2D eigenvalue weighted by molar-refractivity contribution is 4.87. The van der Waals surface area contributed by atoms with Gasteiger partial charge >= 0.3 is 6.61 Å². The maximum absolute atomic E-state index is 12.1. The standard InChI is InChI=1S/C9H17F2NO/c1-7-3-2-4-9(5-7,6-12)13-8(10)11/h7-8H,2-6,12H2,1H3. The van der Waals surface area contributed by atoms with Crippen LogP contribution in [-0.4, -0.2) is 18.8 Å². The molecule has 0 heterocycles. The van der Waals surface area contributed by atoms with Gasteiger partial charge in [-0.3, -0.25) is 0 Å². The maximum atomic E-state index is 12.1. The molecule has 2 N–H and O–H groups in total. The van der Waals surface area contributed by atoms with Crippen molar-refractivity contribution < 1.29 is 13.5 Å². The van der Waals surface area contributed by atoms with E-state index in [1.165, 1.54) is 0 Å². The molecule has 0 bridgehead atoms. The van der Waals surface area contributed by atoms with E-state index >= 15 is 0 Å². The molecule has 2 nitrogen and oxygen atoms in total. The third-order valence-electron chi connectivity index (χ3n) is 2.76. The van der Waals surface area contributed by atoms with Crippen LogP contribution in [0.4, 0.5) is 8.78 Å². The molecule has 1 rings (SSSR count). The first kappa shape index (κ1) is 10.9. The minimum atomic E-state index is -2.70. The van der Waals surface area contributed by atoms with Crippen LogP contribution in [0.3, 0.4) is 0 Å². The summed E-state index contributed by atoms with van der Waals surface area (Å²) in [4.78, 5) is 0. The second kappa shape index (κ2) is 4.33. The zero-order valence-corrected chi connectivity index (χ0v) is 7.93. The van der Waals surface area contributed by atoms with Crippen molar-refractivity contribution in [2.75, 3.05) is 6.54 Å². The molecule has 2 unspecified atom stereocenters. The molecular formula is C9H17F2NO. The van der Waals surface area contributed by atoms with Crippen LogP contribution in [0.25, 0.3) is 0 Å². The molecule has 0 aromatic rings. The van der Waals surface area contributed by atoms with E-state index in [0.717, 1.165) is 12.8 Å². The number of hydrogen-bond acceptors (Lipinski definition) is 2. The molecule has 0 spiro atoms. The largest absolute Gasteiger partial charge is 0.345 e. The summed E-state index contributed by atoms with van der Waals surface area (Å²) in [7, 11) is 0. The molecule has 0 aromatic heterocycles. The molecule has 0 radical (unpaired) electrons. The SMILES string of the molecule is CC1CCCC(CN)(OC(F)F)C1. The van der Waals surface area contributed by atoms with E-state index in [1.807, 2.05) is 0 Å². The fourth-order valence-corrected chi connectivity index (χ4v) is 2.14. The van der Waals surface area contributed by atoms with Gasteiger partial charge in [0.05, 0.1) is 5.60 Å². The minimum absolute atomic E-state index is 0.196. The molecule has 13 heavy (non-hydrogen) atoms. The Balaban J connectivity index is 2.56. The van der Waals surface area contributed by atoms with Crippen molar-refractivity contribution in [1.29, 1.82) is 0 Å². The van der Waals surface area contributed by atoms with Crippen molar-refractivity contribution in [1.82, 2.24) is 0 Å². The number of halogens is 2. The number of alkyl halides is 2. The van der Waals surface area contributed by atoms with Gasteiger partial charge in [-0.25, -0.2) is 0 Å². The topological polar surface area (TPSA) is 35.2 Å². The Morgan fingerprint density at radius 3 is 2.77 bits per heavy atom. The molecule has 1 fully saturated rings. The van der Waals surface area contributed by atoms with Crippen LogP contribution in [-0.2, 0) is 4.74 Å². The number of nitrogens with two attached hydrogens (primary N) is 1. The monoisotopic (exact) mass is 193 g/mol. The highest BCUT2D eigenvalue weighted by Crippen LogP contribution is 2.35. The van der Waals surface area contributed by atoms with Crippen molar-refractivity contribution in [3.05, 3.63) is 0 Å². The molecule has 0 aliphatic heterocycles. The van der Waals surface area contributed by atoms with Gasteiger partial charge < -0.3 is 10.5 Å². The molecule has 2 atom stereocenters. The van der Waals surface area contributed by atoms with Crippen LogP contribution in [0, 0.1) is 5.92 Å². The van der Waals surface area contributed by atoms with Gasteiger partial charge in [0.25, 0.3) is 0 Å². The van der Waals surface area contributed by atoms with Gasteiger partial charge in [0.1, 0.15) is 0 Å². The van der Waals surface area contributed by atoms with E-state index in [1.54, 1.807) is 0 Å². The minimum Gasteiger partial charge on any atom is -0.328 e. The number of ether oxygens (including phenoxy) is 1. The van der Waals surface area contributed by atoms with Gasteiger partial charge in [0.2, 0.25) is 0 Å². The molecule has 4 heteroatoms. The average molecular weight is 193 g/mol. The van der Waals surface area contributed by atoms with Crippen LogP contribution < -0.4 is 5.73 Å². The molecule has 0 aromatic carbocycles. The van der Waals surface area contributed by atoms with Gasteiger partial charge in [0.15, 0.2) is 0 Å². The fourth-order valence-electron chi connectivity index (χ4n) is 2.14. The summed E-state index contributed by atoms with van der Waals surface area (Å²) in [6.07, 6.45) is 3.35. The first-order chi connectivity index (χ1) is 6.08. The summed E-state index contributed by atoms with van der Waals surface area (Å²) in [6, 6.07) is 0. The number of hydrogen-bond donors (Lipinski definition) is 1. The third-order valence-corrected chi connectivity index (χ3v) is 2.76. The van der Waals surface area contributed by atoms with E-state index in [4.69, 9.17) is 5.73 Å². The van der Waals surface area contributed by atoms with E-state index in [9.17, 15) is 8.78 Å².